The SMILES string of the molecule is CC(C)c1csc(CN2CC[C@@H](Oc3ccc4c(c3)CCC(=O)N4)[C@H](O)C2)n1. The normalized spacial score (nSPS) is 22.8. The number of rotatable bonds is 5. The Labute approximate surface area is 169 Å². The van der Waals surface area contributed by atoms with Crippen LogP contribution >= 0.6 is 11.3 Å². The van der Waals surface area contributed by atoms with E-state index in [-0.39, 0.29) is 12.0 Å². The van der Waals surface area contributed by atoms with Gasteiger partial charge in [-0.1, -0.05) is 13.8 Å². The minimum Gasteiger partial charge on any atom is -0.488 e. The number of nitrogens with one attached hydrogen (secondary N) is 1. The Kier molecular flexibility index (Phi) is 5.66. The van der Waals surface area contributed by atoms with Crippen molar-refractivity contribution >= 4 is 22.9 Å². The monoisotopic (exact) mass is 401 g/mol. The van der Waals surface area contributed by atoms with Gasteiger partial charge in [0, 0.05) is 30.6 Å². The van der Waals surface area contributed by atoms with Gasteiger partial charge in [-0.25, -0.2) is 4.98 Å². The number of thiazole rings is 1. The summed E-state index contributed by atoms with van der Waals surface area (Å²) in [5, 5.41) is 16.7. The fourth-order valence-corrected chi connectivity index (χ4v) is 4.72. The molecule has 3 heterocycles. The van der Waals surface area contributed by atoms with Crippen molar-refractivity contribution in [2.24, 2.45) is 0 Å². The van der Waals surface area contributed by atoms with Gasteiger partial charge in [0.25, 0.3) is 0 Å². The fourth-order valence-electron chi connectivity index (χ4n) is 3.72. The number of aromatic nitrogens is 1. The van der Waals surface area contributed by atoms with Crippen LogP contribution in [0, 0.1) is 0 Å². The molecule has 2 N–H and O–H groups in total. The summed E-state index contributed by atoms with van der Waals surface area (Å²) in [4.78, 5) is 18.4. The Hall–Kier alpha value is -1.96. The molecule has 150 valence electrons. The Morgan fingerprint density at radius 3 is 3.00 bits per heavy atom. The number of likely N-dealkylation sites (tertiary alicyclic amines) is 1. The minimum absolute atomic E-state index is 0.0599. The summed E-state index contributed by atoms with van der Waals surface area (Å²) in [5.74, 6) is 1.26. The number of aliphatic hydroxyl groups is 1. The number of aryl methyl sites for hydroxylation is 1. The smallest absolute Gasteiger partial charge is 0.224 e. The van der Waals surface area contributed by atoms with E-state index < -0.39 is 6.10 Å². The van der Waals surface area contributed by atoms with Crippen LogP contribution in [0.25, 0.3) is 0 Å². The summed E-state index contributed by atoms with van der Waals surface area (Å²) in [6.45, 7) is 6.54. The first-order valence-electron chi connectivity index (χ1n) is 9.92. The lowest BCUT2D eigenvalue weighted by Gasteiger charge is -2.35. The molecule has 0 bridgehead atoms. The highest BCUT2D eigenvalue weighted by atomic mass is 32.1. The lowest BCUT2D eigenvalue weighted by Crippen LogP contribution is -2.48. The number of piperidine rings is 1. The van der Waals surface area contributed by atoms with E-state index in [1.165, 1.54) is 0 Å². The molecule has 2 aliphatic heterocycles. The molecule has 2 aliphatic rings. The molecule has 2 aromatic rings. The van der Waals surface area contributed by atoms with Crippen LogP contribution in [0.2, 0.25) is 0 Å². The Balaban J connectivity index is 1.33. The van der Waals surface area contributed by atoms with Gasteiger partial charge < -0.3 is 15.2 Å². The largest absolute Gasteiger partial charge is 0.488 e. The van der Waals surface area contributed by atoms with Gasteiger partial charge in [0.2, 0.25) is 5.91 Å². The predicted molar refractivity (Wildman–Crippen MR) is 110 cm³/mol. The van der Waals surface area contributed by atoms with Crippen molar-refractivity contribution in [3.05, 3.63) is 39.8 Å². The maximum Gasteiger partial charge on any atom is 0.224 e. The average molecular weight is 402 g/mol. The van der Waals surface area contributed by atoms with Crippen LogP contribution in [0.1, 0.15) is 48.9 Å². The van der Waals surface area contributed by atoms with Crippen molar-refractivity contribution in [1.82, 2.24) is 9.88 Å². The van der Waals surface area contributed by atoms with E-state index in [1.54, 1.807) is 11.3 Å². The van der Waals surface area contributed by atoms with E-state index in [9.17, 15) is 9.90 Å². The third-order valence-electron chi connectivity index (χ3n) is 5.38. The molecular weight excluding hydrogens is 374 g/mol. The van der Waals surface area contributed by atoms with Gasteiger partial charge in [-0.2, -0.15) is 0 Å². The van der Waals surface area contributed by atoms with Crippen molar-refractivity contribution < 1.29 is 14.6 Å². The highest BCUT2D eigenvalue weighted by molar-refractivity contribution is 7.09. The number of ether oxygens (including phenoxy) is 1. The standard InChI is InChI=1S/C21H27N3O3S/c1-13(2)17-12-28-21(23-17)11-24-8-7-19(18(25)10-24)27-15-4-5-16-14(9-15)3-6-20(26)22-16/h4-5,9,12-13,18-19,25H,3,6-8,10-11H2,1-2H3,(H,22,26)/t18-,19-/m1/s1. The van der Waals surface area contributed by atoms with Gasteiger partial charge >= 0.3 is 0 Å². The number of benzene rings is 1. The second-order valence-corrected chi connectivity index (χ2v) is 8.88. The van der Waals surface area contributed by atoms with Crippen molar-refractivity contribution in [3.8, 4) is 5.75 Å². The van der Waals surface area contributed by atoms with Gasteiger partial charge in [0.15, 0.2) is 0 Å². The number of β-amino-alcohol motifs (C(OH)–C–C–N with tert-alkyl or cyclic N) is 1. The van der Waals surface area contributed by atoms with E-state index in [4.69, 9.17) is 9.72 Å². The molecule has 1 amide bonds. The molecule has 1 fully saturated rings. The molecule has 4 rings (SSSR count). The van der Waals surface area contributed by atoms with E-state index in [1.807, 2.05) is 18.2 Å². The Morgan fingerprint density at radius 1 is 1.39 bits per heavy atom. The number of carbonyl (C=O) groups is 1. The molecule has 7 heteroatoms. The topological polar surface area (TPSA) is 74.7 Å². The molecule has 1 aromatic carbocycles. The van der Waals surface area contributed by atoms with Crippen molar-refractivity contribution in [1.29, 1.82) is 0 Å². The van der Waals surface area contributed by atoms with Crippen LogP contribution in [0.5, 0.6) is 5.75 Å². The average Bonchev–Trinajstić information content (AvgIpc) is 3.13. The molecule has 0 radical (unpaired) electrons. The third kappa shape index (κ3) is 4.37. The number of nitrogens with zero attached hydrogens (tertiary/aromatic N) is 2. The van der Waals surface area contributed by atoms with Crippen LogP contribution in [0.4, 0.5) is 5.69 Å². The highest BCUT2D eigenvalue weighted by Gasteiger charge is 2.30. The number of aliphatic hydroxyl groups excluding tert-OH is 1. The van der Waals surface area contributed by atoms with Gasteiger partial charge in [-0.15, -0.1) is 11.3 Å². The zero-order chi connectivity index (χ0) is 19.7. The molecule has 0 spiro atoms. The Bertz CT molecular complexity index is 851. The highest BCUT2D eigenvalue weighted by Crippen LogP contribution is 2.29. The first-order chi connectivity index (χ1) is 13.5. The number of hydrogen-bond donors (Lipinski definition) is 2. The van der Waals surface area contributed by atoms with Gasteiger partial charge in [0.1, 0.15) is 23.0 Å². The molecule has 2 atom stereocenters. The number of hydrogen-bond acceptors (Lipinski definition) is 6. The number of anilines is 1. The second kappa shape index (κ2) is 8.19. The summed E-state index contributed by atoms with van der Waals surface area (Å²) in [6, 6.07) is 5.74. The minimum atomic E-state index is -0.533. The van der Waals surface area contributed by atoms with Crippen LogP contribution in [0.3, 0.4) is 0 Å². The summed E-state index contributed by atoms with van der Waals surface area (Å²) in [7, 11) is 0. The number of amides is 1. The first kappa shape index (κ1) is 19.4. The lowest BCUT2D eigenvalue weighted by atomic mass is 10.0. The van der Waals surface area contributed by atoms with Crippen molar-refractivity contribution in [2.45, 2.75) is 57.8 Å². The van der Waals surface area contributed by atoms with Crippen LogP contribution in [-0.4, -0.2) is 46.2 Å². The molecule has 6 nitrogen and oxygen atoms in total. The zero-order valence-electron chi connectivity index (χ0n) is 16.4. The lowest BCUT2D eigenvalue weighted by molar-refractivity contribution is -0.116. The number of fused-ring (bicyclic) bond motifs is 1. The molecule has 28 heavy (non-hydrogen) atoms. The molecule has 1 saturated heterocycles. The maximum absolute atomic E-state index is 11.5. The van der Waals surface area contributed by atoms with Gasteiger partial charge in [-0.05, 0) is 42.5 Å². The Morgan fingerprint density at radius 2 is 2.25 bits per heavy atom. The number of carbonyl (C=O) groups excluding carboxylic acids is 1. The van der Waals surface area contributed by atoms with Gasteiger partial charge in [0.05, 0.1) is 12.2 Å². The van der Waals surface area contributed by atoms with Crippen molar-refractivity contribution in [3.63, 3.8) is 0 Å². The van der Waals surface area contributed by atoms with E-state index in [2.05, 4.69) is 29.4 Å². The molecule has 1 aromatic heterocycles. The molecule has 0 saturated carbocycles. The predicted octanol–water partition coefficient (Wildman–Crippen LogP) is 3.17. The van der Waals surface area contributed by atoms with Crippen LogP contribution in [-0.2, 0) is 17.8 Å². The third-order valence-corrected chi connectivity index (χ3v) is 6.24. The first-order valence-corrected chi connectivity index (χ1v) is 10.8. The van der Waals surface area contributed by atoms with Crippen molar-refractivity contribution in [2.75, 3.05) is 18.4 Å². The second-order valence-electron chi connectivity index (χ2n) is 7.94. The van der Waals surface area contributed by atoms with E-state index >= 15 is 0 Å². The molecule has 0 aliphatic carbocycles. The maximum atomic E-state index is 11.5. The van der Waals surface area contributed by atoms with Gasteiger partial charge in [-0.3, -0.25) is 9.69 Å². The fraction of sp³-hybridized carbons (Fsp3) is 0.524. The molecule has 0 unspecified atom stereocenters. The van der Waals surface area contributed by atoms with Crippen LogP contribution in [0.15, 0.2) is 23.6 Å². The zero-order valence-corrected chi connectivity index (χ0v) is 17.2. The summed E-state index contributed by atoms with van der Waals surface area (Å²) in [5.41, 5.74) is 3.10. The quantitative estimate of drug-likeness (QED) is 0.805. The van der Waals surface area contributed by atoms with Crippen LogP contribution < -0.4 is 10.1 Å². The van der Waals surface area contributed by atoms with E-state index in [0.29, 0.717) is 18.9 Å². The summed E-state index contributed by atoms with van der Waals surface area (Å²) >= 11 is 1.69. The summed E-state index contributed by atoms with van der Waals surface area (Å²) < 4.78 is 6.09. The molecular formula is C21H27N3O3S. The van der Waals surface area contributed by atoms with E-state index in [0.717, 1.165) is 53.6 Å². The summed E-state index contributed by atoms with van der Waals surface area (Å²) in [6.07, 6.45) is 1.26.